The quantitative estimate of drug-likeness (QED) is 0.809. The van der Waals surface area contributed by atoms with E-state index in [-0.39, 0.29) is 0 Å². The van der Waals surface area contributed by atoms with Gasteiger partial charge in [0, 0.05) is 11.9 Å². The summed E-state index contributed by atoms with van der Waals surface area (Å²) in [5, 5.41) is 0. The molecule has 0 aliphatic carbocycles. The molecule has 1 aromatic heterocycles. The summed E-state index contributed by atoms with van der Waals surface area (Å²) in [5.41, 5.74) is 9.27. The summed E-state index contributed by atoms with van der Waals surface area (Å²) >= 11 is 1.59. The van der Waals surface area contributed by atoms with Crippen LogP contribution in [-0.2, 0) is 6.61 Å². The lowest BCUT2D eigenvalue weighted by molar-refractivity contribution is 0.307. The maximum absolute atomic E-state index is 5.65. The van der Waals surface area contributed by atoms with Crippen LogP contribution in [0, 0.1) is 6.92 Å². The van der Waals surface area contributed by atoms with Crippen LogP contribution in [0.25, 0.3) is 0 Å². The van der Waals surface area contributed by atoms with E-state index < -0.39 is 0 Å². The van der Waals surface area contributed by atoms with E-state index in [4.69, 9.17) is 10.5 Å². The monoisotopic (exact) mass is 220 g/mol. The summed E-state index contributed by atoms with van der Waals surface area (Å²) in [5.74, 6) is 0.873. The Kier molecular flexibility index (Phi) is 2.87. The number of aromatic nitrogens is 1. The minimum Gasteiger partial charge on any atom is -0.488 e. The van der Waals surface area contributed by atoms with Gasteiger partial charge in [0.15, 0.2) is 0 Å². The number of thiazole rings is 1. The van der Waals surface area contributed by atoms with Crippen molar-refractivity contribution in [3.63, 3.8) is 0 Å². The van der Waals surface area contributed by atoms with E-state index in [9.17, 15) is 0 Å². The predicted octanol–water partition coefficient (Wildman–Crippen LogP) is 2.61. The molecule has 0 spiro atoms. The molecule has 0 bridgehead atoms. The van der Waals surface area contributed by atoms with Gasteiger partial charge in [0.1, 0.15) is 12.4 Å². The Balaban J connectivity index is 2.05. The zero-order valence-electron chi connectivity index (χ0n) is 8.43. The van der Waals surface area contributed by atoms with Gasteiger partial charge < -0.3 is 10.5 Å². The fourth-order valence-corrected chi connectivity index (χ4v) is 1.80. The molecule has 0 radical (unpaired) electrons. The molecule has 4 heteroatoms. The Morgan fingerprint density at radius 3 is 3.00 bits per heavy atom. The van der Waals surface area contributed by atoms with E-state index in [0.29, 0.717) is 6.61 Å². The van der Waals surface area contributed by atoms with Gasteiger partial charge in [0.2, 0.25) is 0 Å². The molecule has 0 saturated heterocycles. The lowest BCUT2D eigenvalue weighted by Gasteiger charge is -2.08. The predicted molar refractivity (Wildman–Crippen MR) is 62.0 cm³/mol. The van der Waals surface area contributed by atoms with Gasteiger partial charge in [-0.2, -0.15) is 0 Å². The number of ether oxygens (including phenoxy) is 1. The van der Waals surface area contributed by atoms with Crippen molar-refractivity contribution in [2.75, 3.05) is 5.73 Å². The molecular weight excluding hydrogens is 208 g/mol. The number of anilines is 1. The topological polar surface area (TPSA) is 48.1 Å². The third-order valence-electron chi connectivity index (χ3n) is 2.05. The van der Waals surface area contributed by atoms with E-state index >= 15 is 0 Å². The van der Waals surface area contributed by atoms with Crippen molar-refractivity contribution >= 4 is 17.0 Å². The average Bonchev–Trinajstić information content (AvgIpc) is 2.69. The fraction of sp³-hybridized carbons (Fsp3) is 0.182. The highest BCUT2D eigenvalue weighted by atomic mass is 32.1. The van der Waals surface area contributed by atoms with Crippen molar-refractivity contribution in [1.82, 2.24) is 4.98 Å². The summed E-state index contributed by atoms with van der Waals surface area (Å²) < 4.78 is 5.65. The molecule has 78 valence electrons. The van der Waals surface area contributed by atoms with Gasteiger partial charge in [-0.15, -0.1) is 11.3 Å². The molecule has 0 aliphatic rings. The molecule has 0 saturated carbocycles. The van der Waals surface area contributed by atoms with Crippen molar-refractivity contribution in [2.45, 2.75) is 13.5 Å². The molecule has 2 N–H and O–H groups in total. The van der Waals surface area contributed by atoms with Crippen LogP contribution in [0.3, 0.4) is 0 Å². The Morgan fingerprint density at radius 2 is 2.33 bits per heavy atom. The van der Waals surface area contributed by atoms with Crippen LogP contribution in [0.2, 0.25) is 0 Å². The number of nitrogens with two attached hydrogens (primary N) is 1. The maximum Gasteiger partial charge on any atom is 0.124 e. The van der Waals surface area contributed by atoms with Crippen LogP contribution in [-0.4, -0.2) is 4.98 Å². The second-order valence-corrected chi connectivity index (χ2v) is 4.25. The third kappa shape index (κ3) is 2.47. The highest BCUT2D eigenvalue weighted by molar-refractivity contribution is 7.09. The van der Waals surface area contributed by atoms with Crippen molar-refractivity contribution in [2.24, 2.45) is 0 Å². The van der Waals surface area contributed by atoms with E-state index in [0.717, 1.165) is 21.9 Å². The van der Waals surface area contributed by atoms with E-state index in [1.165, 1.54) is 0 Å². The van der Waals surface area contributed by atoms with Crippen LogP contribution in [0.1, 0.15) is 10.4 Å². The van der Waals surface area contributed by atoms with Crippen LogP contribution in [0.5, 0.6) is 5.75 Å². The van der Waals surface area contributed by atoms with Crippen LogP contribution in [0.4, 0.5) is 5.69 Å². The third-order valence-corrected chi connectivity index (χ3v) is 2.81. The first kappa shape index (κ1) is 9.98. The van der Waals surface area contributed by atoms with Gasteiger partial charge in [0.05, 0.1) is 10.4 Å². The summed E-state index contributed by atoms with van der Waals surface area (Å²) in [6.07, 6.45) is 1.82. The number of aryl methyl sites for hydroxylation is 1. The molecule has 1 heterocycles. The Labute approximate surface area is 92.5 Å². The van der Waals surface area contributed by atoms with Gasteiger partial charge in [0.25, 0.3) is 0 Å². The van der Waals surface area contributed by atoms with Gasteiger partial charge in [-0.25, -0.2) is 0 Å². The van der Waals surface area contributed by atoms with Crippen LogP contribution >= 0.6 is 11.3 Å². The first-order valence-corrected chi connectivity index (χ1v) is 5.50. The smallest absolute Gasteiger partial charge is 0.124 e. The Bertz CT molecular complexity index is 440. The average molecular weight is 220 g/mol. The highest BCUT2D eigenvalue weighted by Crippen LogP contribution is 2.21. The van der Waals surface area contributed by atoms with E-state index in [2.05, 4.69) is 4.98 Å². The maximum atomic E-state index is 5.65. The molecule has 0 atom stereocenters. The lowest BCUT2D eigenvalue weighted by atomic mass is 10.2. The number of benzene rings is 1. The first-order valence-electron chi connectivity index (χ1n) is 4.62. The second kappa shape index (κ2) is 4.31. The normalized spacial score (nSPS) is 10.2. The minimum absolute atomic E-state index is 0.565. The van der Waals surface area contributed by atoms with E-state index in [1.807, 2.05) is 31.3 Å². The van der Waals surface area contributed by atoms with E-state index in [1.54, 1.807) is 16.8 Å². The Morgan fingerprint density at radius 1 is 1.47 bits per heavy atom. The van der Waals surface area contributed by atoms with Gasteiger partial charge >= 0.3 is 0 Å². The molecule has 3 nitrogen and oxygen atoms in total. The summed E-state index contributed by atoms with van der Waals surface area (Å²) in [7, 11) is 0. The van der Waals surface area contributed by atoms with Crippen molar-refractivity contribution in [1.29, 1.82) is 0 Å². The van der Waals surface area contributed by atoms with Crippen molar-refractivity contribution < 1.29 is 4.74 Å². The second-order valence-electron chi connectivity index (χ2n) is 3.28. The van der Waals surface area contributed by atoms with Gasteiger partial charge in [-0.1, -0.05) is 0 Å². The molecule has 0 aliphatic heterocycles. The number of rotatable bonds is 3. The zero-order valence-corrected chi connectivity index (χ0v) is 9.25. The molecule has 0 fully saturated rings. The molecular formula is C11H12N2OS. The number of nitrogen functional groups attached to an aromatic ring is 1. The van der Waals surface area contributed by atoms with Crippen molar-refractivity contribution in [3.05, 3.63) is 40.3 Å². The Hall–Kier alpha value is -1.55. The minimum atomic E-state index is 0.565. The van der Waals surface area contributed by atoms with Crippen molar-refractivity contribution in [3.8, 4) is 5.75 Å². The molecule has 0 unspecified atom stereocenters. The largest absolute Gasteiger partial charge is 0.488 e. The summed E-state index contributed by atoms with van der Waals surface area (Å²) in [4.78, 5) is 5.11. The standard InChI is InChI=1S/C11H12N2OS/c1-8-4-9(12)2-3-11(8)14-6-10-5-13-7-15-10/h2-5,7H,6,12H2,1H3. The summed E-state index contributed by atoms with van der Waals surface area (Å²) in [6, 6.07) is 5.64. The van der Waals surface area contributed by atoms with Gasteiger partial charge in [-0.3, -0.25) is 4.98 Å². The number of hydrogen-bond donors (Lipinski definition) is 1. The highest BCUT2D eigenvalue weighted by Gasteiger charge is 2.01. The molecule has 1 aromatic carbocycles. The molecule has 15 heavy (non-hydrogen) atoms. The van der Waals surface area contributed by atoms with Gasteiger partial charge in [-0.05, 0) is 30.7 Å². The molecule has 0 amide bonds. The van der Waals surface area contributed by atoms with Crippen LogP contribution in [0.15, 0.2) is 29.9 Å². The zero-order chi connectivity index (χ0) is 10.7. The first-order chi connectivity index (χ1) is 7.25. The number of nitrogens with zero attached hydrogens (tertiary/aromatic N) is 1. The molecule has 2 aromatic rings. The molecule has 2 rings (SSSR count). The number of hydrogen-bond acceptors (Lipinski definition) is 4. The lowest BCUT2D eigenvalue weighted by Crippen LogP contribution is -1.96. The fourth-order valence-electron chi connectivity index (χ4n) is 1.30. The summed E-state index contributed by atoms with van der Waals surface area (Å²) in [6.45, 7) is 2.55. The van der Waals surface area contributed by atoms with Crippen LogP contribution < -0.4 is 10.5 Å². The SMILES string of the molecule is Cc1cc(N)ccc1OCc1cncs1.